The van der Waals surface area contributed by atoms with Gasteiger partial charge in [-0.25, -0.2) is 5.48 Å². The summed E-state index contributed by atoms with van der Waals surface area (Å²) in [6.07, 6.45) is 10.5. The maximum absolute atomic E-state index is 5.42. The van der Waals surface area contributed by atoms with Gasteiger partial charge >= 0.3 is 0 Å². The normalized spacial score (nSPS) is 11.8. The lowest BCUT2D eigenvalue weighted by atomic mass is 10.3. The van der Waals surface area contributed by atoms with Crippen molar-refractivity contribution < 1.29 is 21.7 Å². The van der Waals surface area contributed by atoms with E-state index in [1.807, 2.05) is 0 Å². The predicted octanol–water partition coefficient (Wildman–Crippen LogP) is 0.135. The molecule has 4 heteroatoms. The van der Waals surface area contributed by atoms with Crippen molar-refractivity contribution in [3.63, 3.8) is 0 Å². The molecule has 0 unspecified atom stereocenters. The van der Waals surface area contributed by atoms with Gasteiger partial charge in [0.2, 0.25) is 0 Å². The van der Waals surface area contributed by atoms with E-state index in [4.69, 9.17) is 4.84 Å². The SMILES string of the molecule is CCC=CC[N+](C)(C)CCCONCCCCC.[Cl-]. The zero-order valence-electron chi connectivity index (χ0n) is 13.3. The Hall–Kier alpha value is -0.0900. The lowest BCUT2D eigenvalue weighted by Gasteiger charge is -2.28. The van der Waals surface area contributed by atoms with Crippen molar-refractivity contribution in [3.05, 3.63) is 12.2 Å². The van der Waals surface area contributed by atoms with E-state index >= 15 is 0 Å². The van der Waals surface area contributed by atoms with Gasteiger partial charge in [-0.1, -0.05) is 32.8 Å². The first-order valence-electron chi connectivity index (χ1n) is 7.44. The summed E-state index contributed by atoms with van der Waals surface area (Å²) in [7, 11) is 4.54. The smallest absolute Gasteiger partial charge is 0.0969 e. The van der Waals surface area contributed by atoms with Crippen LogP contribution in [0, 0.1) is 0 Å². The van der Waals surface area contributed by atoms with E-state index in [-0.39, 0.29) is 12.4 Å². The van der Waals surface area contributed by atoms with Crippen LogP contribution in [0.3, 0.4) is 0 Å². The van der Waals surface area contributed by atoms with Crippen LogP contribution in [0.2, 0.25) is 0 Å². The fourth-order valence-corrected chi connectivity index (χ4v) is 1.77. The van der Waals surface area contributed by atoms with Crippen molar-refractivity contribution in [2.24, 2.45) is 0 Å². The van der Waals surface area contributed by atoms with Crippen LogP contribution in [0.5, 0.6) is 0 Å². The molecule has 0 saturated heterocycles. The van der Waals surface area contributed by atoms with E-state index in [2.05, 4.69) is 45.6 Å². The maximum Gasteiger partial charge on any atom is 0.0969 e. The minimum absolute atomic E-state index is 0. The minimum atomic E-state index is 0. The third-order valence-electron chi connectivity index (χ3n) is 3.00. The van der Waals surface area contributed by atoms with E-state index in [9.17, 15) is 0 Å². The molecule has 0 radical (unpaired) electrons. The first kappa shape index (κ1) is 21.2. The number of allylic oxidation sites excluding steroid dienone is 1. The van der Waals surface area contributed by atoms with E-state index in [0.717, 1.165) is 43.6 Å². The fraction of sp³-hybridized carbons (Fsp3) is 0.867. The van der Waals surface area contributed by atoms with Gasteiger partial charge in [0.15, 0.2) is 0 Å². The Morgan fingerprint density at radius 2 is 1.79 bits per heavy atom. The summed E-state index contributed by atoms with van der Waals surface area (Å²) in [5.41, 5.74) is 3.04. The van der Waals surface area contributed by atoms with Crippen LogP contribution in [0.15, 0.2) is 12.2 Å². The number of hydrogen-bond donors (Lipinski definition) is 1. The average molecular weight is 293 g/mol. The molecule has 0 aliphatic heterocycles. The monoisotopic (exact) mass is 292 g/mol. The number of nitrogens with zero attached hydrogens (tertiary/aromatic N) is 1. The van der Waals surface area contributed by atoms with Gasteiger partial charge in [0.25, 0.3) is 0 Å². The first-order valence-corrected chi connectivity index (χ1v) is 7.44. The van der Waals surface area contributed by atoms with Crippen LogP contribution in [0.1, 0.15) is 46.0 Å². The van der Waals surface area contributed by atoms with Crippen molar-refractivity contribution in [1.82, 2.24) is 5.48 Å². The molecular formula is C15H33ClN2O. The largest absolute Gasteiger partial charge is 1.00 e. The number of rotatable bonds is 12. The van der Waals surface area contributed by atoms with Crippen LogP contribution in [-0.2, 0) is 4.84 Å². The molecule has 0 spiro atoms. The summed E-state index contributed by atoms with van der Waals surface area (Å²) in [5.74, 6) is 0. The topological polar surface area (TPSA) is 21.3 Å². The Balaban J connectivity index is 0. The second kappa shape index (κ2) is 14.3. The molecule has 0 aromatic carbocycles. The van der Waals surface area contributed by atoms with Crippen molar-refractivity contribution in [2.75, 3.05) is 40.3 Å². The summed E-state index contributed by atoms with van der Waals surface area (Å²) in [6.45, 7) is 8.45. The second-order valence-electron chi connectivity index (χ2n) is 5.53. The number of unbranched alkanes of at least 4 members (excludes halogenated alkanes) is 2. The van der Waals surface area contributed by atoms with E-state index in [1.54, 1.807) is 0 Å². The lowest BCUT2D eigenvalue weighted by molar-refractivity contribution is -0.884. The molecule has 0 saturated carbocycles. The van der Waals surface area contributed by atoms with Crippen LogP contribution in [0.25, 0.3) is 0 Å². The molecule has 0 rings (SSSR count). The molecular weight excluding hydrogens is 260 g/mol. The molecule has 0 amide bonds. The summed E-state index contributed by atoms with van der Waals surface area (Å²) in [4.78, 5) is 5.42. The molecule has 0 aliphatic carbocycles. The molecule has 0 atom stereocenters. The fourth-order valence-electron chi connectivity index (χ4n) is 1.77. The summed E-state index contributed by atoms with van der Waals surface area (Å²) >= 11 is 0. The minimum Gasteiger partial charge on any atom is -1.00 e. The van der Waals surface area contributed by atoms with Crippen molar-refractivity contribution in [2.45, 2.75) is 46.0 Å². The van der Waals surface area contributed by atoms with Crippen LogP contribution in [-0.4, -0.2) is 44.8 Å². The van der Waals surface area contributed by atoms with Crippen molar-refractivity contribution >= 4 is 0 Å². The summed E-state index contributed by atoms with van der Waals surface area (Å²) < 4.78 is 1.04. The van der Waals surface area contributed by atoms with Gasteiger partial charge in [-0.2, -0.15) is 0 Å². The van der Waals surface area contributed by atoms with Gasteiger partial charge in [0.1, 0.15) is 0 Å². The standard InChI is InChI=1S/C15H33N2O.ClH/c1-5-7-9-12-16-18-15-11-14-17(3,4)13-10-8-6-2;/h8,10,16H,5-7,9,11-15H2,1-4H3;1H/q+1;/p-1. The van der Waals surface area contributed by atoms with E-state index in [1.165, 1.54) is 19.3 Å². The highest BCUT2D eigenvalue weighted by Crippen LogP contribution is 2.00. The second-order valence-corrected chi connectivity index (χ2v) is 5.53. The van der Waals surface area contributed by atoms with E-state index in [0.29, 0.717) is 0 Å². The highest BCUT2D eigenvalue weighted by atomic mass is 35.5. The molecule has 0 fully saturated rings. The van der Waals surface area contributed by atoms with Gasteiger partial charge in [0, 0.05) is 13.0 Å². The molecule has 1 N–H and O–H groups in total. The maximum atomic E-state index is 5.42. The Morgan fingerprint density at radius 3 is 2.42 bits per heavy atom. The number of quaternary nitrogens is 1. The lowest BCUT2D eigenvalue weighted by Crippen LogP contribution is -3.00. The number of hydroxylamine groups is 1. The molecule has 0 aromatic heterocycles. The van der Waals surface area contributed by atoms with Gasteiger partial charge < -0.3 is 21.7 Å². The Bertz CT molecular complexity index is 208. The third-order valence-corrected chi connectivity index (χ3v) is 3.00. The first-order chi connectivity index (χ1) is 8.62. The van der Waals surface area contributed by atoms with Gasteiger partial charge in [0.05, 0.1) is 33.8 Å². The quantitative estimate of drug-likeness (QED) is 0.239. The molecule has 0 aromatic rings. The molecule has 0 bridgehead atoms. The van der Waals surface area contributed by atoms with E-state index < -0.39 is 0 Å². The van der Waals surface area contributed by atoms with Crippen LogP contribution >= 0.6 is 0 Å². The number of hydrogen-bond acceptors (Lipinski definition) is 2. The Kier molecular flexibility index (Phi) is 16.0. The zero-order valence-corrected chi connectivity index (χ0v) is 14.0. The Labute approximate surface area is 126 Å². The highest BCUT2D eigenvalue weighted by molar-refractivity contribution is 4.79. The average Bonchev–Trinajstić information content (AvgIpc) is 2.33. The van der Waals surface area contributed by atoms with Crippen LogP contribution < -0.4 is 17.9 Å². The highest BCUT2D eigenvalue weighted by Gasteiger charge is 2.11. The molecule has 3 nitrogen and oxygen atoms in total. The van der Waals surface area contributed by atoms with Gasteiger partial charge in [-0.05, 0) is 18.9 Å². The summed E-state index contributed by atoms with van der Waals surface area (Å²) in [5, 5.41) is 0. The number of halogens is 1. The molecule has 19 heavy (non-hydrogen) atoms. The van der Waals surface area contributed by atoms with Crippen molar-refractivity contribution in [3.8, 4) is 0 Å². The predicted molar refractivity (Wildman–Crippen MR) is 79.4 cm³/mol. The Morgan fingerprint density at radius 1 is 1.05 bits per heavy atom. The summed E-state index contributed by atoms with van der Waals surface area (Å²) in [6, 6.07) is 0. The number of likely N-dealkylation sites (N-methyl/N-ethyl adjacent to an activating group) is 1. The zero-order chi connectivity index (χ0) is 13.7. The van der Waals surface area contributed by atoms with Gasteiger partial charge in [-0.3, -0.25) is 0 Å². The third kappa shape index (κ3) is 15.9. The molecule has 0 heterocycles. The van der Waals surface area contributed by atoms with Crippen molar-refractivity contribution in [1.29, 1.82) is 0 Å². The molecule has 0 aliphatic rings. The molecule has 116 valence electrons. The number of nitrogens with one attached hydrogen (secondary N) is 1. The van der Waals surface area contributed by atoms with Crippen LogP contribution in [0.4, 0.5) is 0 Å². The van der Waals surface area contributed by atoms with Gasteiger partial charge in [-0.15, -0.1) is 0 Å².